The van der Waals surface area contributed by atoms with Gasteiger partial charge in [-0.1, -0.05) is 6.07 Å². The number of likely N-dealkylation sites (N-methyl/N-ethyl adjacent to an activating group) is 1. The summed E-state index contributed by atoms with van der Waals surface area (Å²) in [6.45, 7) is 2.70. The van der Waals surface area contributed by atoms with E-state index in [-0.39, 0.29) is 24.0 Å². The fraction of sp³-hybridized carbons (Fsp3) is 0.391. The zero-order chi connectivity index (χ0) is 22.6. The molecule has 0 saturated heterocycles. The van der Waals surface area contributed by atoms with Gasteiger partial charge in [0.1, 0.15) is 11.7 Å². The lowest BCUT2D eigenvalue weighted by atomic mass is 9.82. The van der Waals surface area contributed by atoms with Crippen LogP contribution in [0.2, 0.25) is 0 Å². The number of hydrogen-bond donors (Lipinski definition) is 0. The molecule has 5 rings (SSSR count). The lowest BCUT2D eigenvalue weighted by Gasteiger charge is -2.36. The topological polar surface area (TPSA) is 92.8 Å². The van der Waals surface area contributed by atoms with E-state index in [2.05, 4.69) is 4.90 Å². The summed E-state index contributed by atoms with van der Waals surface area (Å²) in [5.41, 5.74) is 2.80. The van der Waals surface area contributed by atoms with Crippen molar-refractivity contribution in [2.24, 2.45) is 0 Å². The van der Waals surface area contributed by atoms with Crippen LogP contribution in [0.15, 0.2) is 18.2 Å². The fourth-order valence-electron chi connectivity index (χ4n) is 4.78. The quantitative estimate of drug-likeness (QED) is 0.524. The van der Waals surface area contributed by atoms with Gasteiger partial charge in [0.2, 0.25) is 12.5 Å². The van der Waals surface area contributed by atoms with Crippen molar-refractivity contribution < 1.29 is 38.0 Å². The third-order valence-corrected chi connectivity index (χ3v) is 6.03. The zero-order valence-electron chi connectivity index (χ0n) is 18.2. The molecule has 9 nitrogen and oxygen atoms in total. The number of carbonyl (C=O) groups is 2. The number of cyclic esters (lactones) is 1. The van der Waals surface area contributed by atoms with Gasteiger partial charge in [0.05, 0.1) is 14.2 Å². The van der Waals surface area contributed by atoms with Crippen LogP contribution >= 0.6 is 0 Å². The average molecular weight is 441 g/mol. The van der Waals surface area contributed by atoms with Crippen LogP contribution < -0.4 is 23.7 Å². The maximum absolute atomic E-state index is 12.9. The molecular formula is C23H23NO8. The molecule has 0 amide bonds. The molecule has 2 atom stereocenters. The van der Waals surface area contributed by atoms with Crippen molar-refractivity contribution in [1.29, 1.82) is 0 Å². The van der Waals surface area contributed by atoms with Crippen molar-refractivity contribution in [1.82, 2.24) is 4.90 Å². The van der Waals surface area contributed by atoms with Crippen molar-refractivity contribution in [3.05, 3.63) is 40.5 Å². The van der Waals surface area contributed by atoms with Crippen LogP contribution in [-0.4, -0.2) is 51.4 Å². The normalized spacial score (nSPS) is 20.9. The van der Waals surface area contributed by atoms with E-state index in [1.807, 2.05) is 13.1 Å². The summed E-state index contributed by atoms with van der Waals surface area (Å²) in [7, 11) is 5.05. The lowest BCUT2D eigenvalue weighted by Crippen LogP contribution is -2.33. The molecule has 0 aromatic heterocycles. The minimum absolute atomic E-state index is 0.0812. The smallest absolute Gasteiger partial charge is 0.343 e. The SMILES string of the molecule is COc1ccc2c(c1OC(C)=O)C(=O)O[C@@H]2C1CN(C)Cc2c1cc1c(c2OC)OCO1. The van der Waals surface area contributed by atoms with E-state index in [4.69, 9.17) is 28.4 Å². The first-order valence-corrected chi connectivity index (χ1v) is 10.2. The van der Waals surface area contributed by atoms with Gasteiger partial charge in [-0.2, -0.15) is 0 Å². The summed E-state index contributed by atoms with van der Waals surface area (Å²) < 4.78 is 33.5. The molecule has 0 aliphatic carbocycles. The van der Waals surface area contributed by atoms with Crippen molar-refractivity contribution in [3.8, 4) is 28.7 Å². The molecule has 0 saturated carbocycles. The van der Waals surface area contributed by atoms with Gasteiger partial charge in [0.25, 0.3) is 0 Å². The molecule has 1 unspecified atom stereocenters. The first kappa shape index (κ1) is 20.4. The summed E-state index contributed by atoms with van der Waals surface area (Å²) in [5.74, 6) is 0.902. The first-order valence-electron chi connectivity index (χ1n) is 10.2. The third-order valence-electron chi connectivity index (χ3n) is 6.03. The van der Waals surface area contributed by atoms with Crippen LogP contribution in [0.25, 0.3) is 0 Å². The van der Waals surface area contributed by atoms with Gasteiger partial charge >= 0.3 is 11.9 Å². The number of methoxy groups -OCH3 is 2. The van der Waals surface area contributed by atoms with E-state index in [9.17, 15) is 9.59 Å². The summed E-state index contributed by atoms with van der Waals surface area (Å²) in [6.07, 6.45) is -0.579. The van der Waals surface area contributed by atoms with E-state index in [0.717, 1.165) is 11.1 Å². The van der Waals surface area contributed by atoms with Crippen LogP contribution in [0.4, 0.5) is 0 Å². The summed E-state index contributed by atoms with van der Waals surface area (Å²) in [4.78, 5) is 26.8. The Labute approximate surface area is 184 Å². The van der Waals surface area contributed by atoms with E-state index in [1.54, 1.807) is 19.2 Å². The van der Waals surface area contributed by atoms with Gasteiger partial charge in [-0.05, 0) is 24.7 Å². The molecular weight excluding hydrogens is 418 g/mol. The number of rotatable bonds is 4. The van der Waals surface area contributed by atoms with E-state index >= 15 is 0 Å². The number of fused-ring (bicyclic) bond motifs is 3. The van der Waals surface area contributed by atoms with Gasteiger partial charge < -0.3 is 33.3 Å². The first-order chi connectivity index (χ1) is 15.4. The van der Waals surface area contributed by atoms with Gasteiger partial charge in [0, 0.05) is 37.1 Å². The molecule has 168 valence electrons. The molecule has 3 aliphatic rings. The molecule has 0 N–H and O–H groups in total. The Kier molecular flexibility index (Phi) is 4.85. The minimum Gasteiger partial charge on any atom is -0.493 e. The second kappa shape index (κ2) is 7.59. The summed E-state index contributed by atoms with van der Waals surface area (Å²) in [5, 5.41) is 0. The highest BCUT2D eigenvalue weighted by Gasteiger charge is 2.44. The number of hydrogen-bond acceptors (Lipinski definition) is 9. The number of carbonyl (C=O) groups excluding carboxylic acids is 2. The highest BCUT2D eigenvalue weighted by Crippen LogP contribution is 2.53. The molecule has 0 fully saturated rings. The number of nitrogens with zero attached hydrogens (tertiary/aromatic N) is 1. The van der Waals surface area contributed by atoms with Gasteiger partial charge in [-0.15, -0.1) is 0 Å². The van der Waals surface area contributed by atoms with Gasteiger partial charge in [0.15, 0.2) is 23.0 Å². The Morgan fingerprint density at radius 1 is 1.12 bits per heavy atom. The lowest BCUT2D eigenvalue weighted by molar-refractivity contribution is -0.132. The highest BCUT2D eigenvalue weighted by atomic mass is 16.7. The Balaban J connectivity index is 1.65. The van der Waals surface area contributed by atoms with Crippen molar-refractivity contribution in [3.63, 3.8) is 0 Å². The van der Waals surface area contributed by atoms with Crippen molar-refractivity contribution >= 4 is 11.9 Å². The Morgan fingerprint density at radius 2 is 1.94 bits per heavy atom. The van der Waals surface area contributed by atoms with Crippen LogP contribution in [-0.2, 0) is 16.1 Å². The predicted molar refractivity (Wildman–Crippen MR) is 111 cm³/mol. The molecule has 0 radical (unpaired) electrons. The Bertz CT molecular complexity index is 1130. The molecule has 3 heterocycles. The van der Waals surface area contributed by atoms with Gasteiger partial charge in [-0.25, -0.2) is 4.79 Å². The second-order valence-corrected chi connectivity index (χ2v) is 8.00. The Morgan fingerprint density at radius 3 is 2.66 bits per heavy atom. The average Bonchev–Trinajstić information content (AvgIpc) is 3.36. The van der Waals surface area contributed by atoms with Crippen molar-refractivity contribution in [2.45, 2.75) is 25.5 Å². The predicted octanol–water partition coefficient (Wildman–Crippen LogP) is 2.80. The summed E-state index contributed by atoms with van der Waals surface area (Å²) >= 11 is 0. The van der Waals surface area contributed by atoms with E-state index in [1.165, 1.54) is 14.0 Å². The minimum atomic E-state index is -0.579. The second-order valence-electron chi connectivity index (χ2n) is 8.00. The number of ether oxygens (including phenoxy) is 6. The Hall–Kier alpha value is -3.46. The highest BCUT2D eigenvalue weighted by molar-refractivity contribution is 5.99. The number of esters is 2. The van der Waals surface area contributed by atoms with Gasteiger partial charge in [-0.3, -0.25) is 4.79 Å². The maximum atomic E-state index is 12.9. The molecule has 3 aliphatic heterocycles. The van der Waals surface area contributed by atoms with Crippen molar-refractivity contribution in [2.75, 3.05) is 34.6 Å². The molecule has 32 heavy (non-hydrogen) atoms. The van der Waals surface area contributed by atoms with E-state index < -0.39 is 18.0 Å². The molecule has 0 spiro atoms. The third kappa shape index (κ3) is 3.03. The monoisotopic (exact) mass is 441 g/mol. The molecule has 2 aromatic rings. The van der Waals surface area contributed by atoms with Crippen LogP contribution in [0.1, 0.15) is 46.0 Å². The maximum Gasteiger partial charge on any atom is 0.343 e. The zero-order valence-corrected chi connectivity index (χ0v) is 18.2. The number of benzene rings is 2. The summed E-state index contributed by atoms with van der Waals surface area (Å²) in [6, 6.07) is 5.41. The molecule has 0 bridgehead atoms. The molecule has 2 aromatic carbocycles. The van der Waals surface area contributed by atoms with Crippen LogP contribution in [0.3, 0.4) is 0 Å². The molecule has 9 heteroatoms. The standard InChI is InChI=1S/C23H23NO8/c1-11(25)31-21-16(27-3)6-5-12-18(21)23(26)32-19(12)14-8-24(2)9-15-13(14)7-17-22(20(15)28-4)30-10-29-17/h5-7,14,19H,8-10H2,1-4H3/t14?,19-/m0/s1. The van der Waals surface area contributed by atoms with Crippen LogP contribution in [0.5, 0.6) is 28.7 Å². The fourth-order valence-corrected chi connectivity index (χ4v) is 4.78. The van der Waals surface area contributed by atoms with E-state index in [0.29, 0.717) is 41.7 Å². The largest absolute Gasteiger partial charge is 0.493 e. The van der Waals surface area contributed by atoms with Crippen LogP contribution in [0, 0.1) is 0 Å².